The molecule has 0 spiro atoms. The van der Waals surface area contributed by atoms with E-state index in [-0.39, 0.29) is 30.1 Å². The van der Waals surface area contributed by atoms with E-state index in [1.165, 1.54) is 12.8 Å². The minimum atomic E-state index is -3.30. The quantitative estimate of drug-likeness (QED) is 0.837. The van der Waals surface area contributed by atoms with Crippen molar-refractivity contribution in [1.29, 1.82) is 0 Å². The predicted molar refractivity (Wildman–Crippen MR) is 81.9 cm³/mol. The van der Waals surface area contributed by atoms with Crippen LogP contribution in [0.2, 0.25) is 0 Å². The molecule has 0 aromatic heterocycles. The molecule has 2 aliphatic rings. The Kier molecular flexibility index (Phi) is 5.87. The van der Waals surface area contributed by atoms with Crippen molar-refractivity contribution in [3.63, 3.8) is 0 Å². The maximum absolute atomic E-state index is 12.1. The van der Waals surface area contributed by atoms with Gasteiger partial charge in [0.2, 0.25) is 5.91 Å². The Balaban J connectivity index is 0.00000200. The molecule has 2 atom stereocenters. The van der Waals surface area contributed by atoms with Crippen LogP contribution in [0.25, 0.3) is 0 Å². The molecular formula is C13H25ClN2O3S. The molecule has 7 heteroatoms. The van der Waals surface area contributed by atoms with Crippen molar-refractivity contribution in [2.75, 3.05) is 12.8 Å². The molecule has 2 aliphatic heterocycles. The van der Waals surface area contributed by atoms with Crippen molar-refractivity contribution >= 4 is 28.2 Å². The van der Waals surface area contributed by atoms with Gasteiger partial charge in [0.05, 0.1) is 5.25 Å². The molecule has 2 bridgehead atoms. The van der Waals surface area contributed by atoms with Gasteiger partial charge < -0.3 is 10.2 Å². The third-order valence-electron chi connectivity index (χ3n) is 4.43. The minimum absolute atomic E-state index is 0. The number of sulfone groups is 1. The smallest absolute Gasteiger partial charge is 0.237 e. The molecule has 5 nitrogen and oxygen atoms in total. The summed E-state index contributed by atoms with van der Waals surface area (Å²) in [5.41, 5.74) is 0. The Morgan fingerprint density at radius 2 is 1.75 bits per heavy atom. The molecule has 2 heterocycles. The summed E-state index contributed by atoms with van der Waals surface area (Å²) in [6.07, 6.45) is 4.24. The second-order valence-corrected chi connectivity index (χ2v) is 8.68. The molecule has 2 unspecified atom stereocenters. The van der Waals surface area contributed by atoms with Crippen LogP contribution in [0, 0.1) is 0 Å². The highest BCUT2D eigenvalue weighted by Gasteiger charge is 2.37. The van der Waals surface area contributed by atoms with Crippen molar-refractivity contribution in [2.24, 2.45) is 0 Å². The number of fused-ring (bicyclic) bond motifs is 2. The average Bonchev–Trinajstić information content (AvgIpc) is 2.66. The molecule has 1 N–H and O–H groups in total. The Morgan fingerprint density at radius 1 is 1.25 bits per heavy atom. The zero-order chi connectivity index (χ0) is 14.2. The summed E-state index contributed by atoms with van der Waals surface area (Å²) < 4.78 is 23.6. The van der Waals surface area contributed by atoms with E-state index in [0.717, 1.165) is 12.8 Å². The number of carbonyl (C=O) groups excluding carboxylic acids is 1. The van der Waals surface area contributed by atoms with Gasteiger partial charge in [-0.25, -0.2) is 8.42 Å². The van der Waals surface area contributed by atoms with Gasteiger partial charge in [0, 0.05) is 25.2 Å². The van der Waals surface area contributed by atoms with E-state index >= 15 is 0 Å². The topological polar surface area (TPSA) is 66.5 Å². The Labute approximate surface area is 127 Å². The predicted octanol–water partition coefficient (Wildman–Crippen LogP) is 0.973. The highest BCUT2D eigenvalue weighted by molar-refractivity contribution is 7.92. The van der Waals surface area contributed by atoms with Gasteiger partial charge in [-0.15, -0.1) is 12.4 Å². The van der Waals surface area contributed by atoms with Crippen LogP contribution >= 0.6 is 12.4 Å². The number of rotatable bonds is 4. The van der Waals surface area contributed by atoms with E-state index < -0.39 is 15.1 Å². The molecule has 0 saturated carbocycles. The van der Waals surface area contributed by atoms with E-state index in [4.69, 9.17) is 0 Å². The molecule has 2 rings (SSSR count). The fourth-order valence-electron chi connectivity index (χ4n) is 2.99. The number of hydrogen-bond donors (Lipinski definition) is 1. The second-order valence-electron chi connectivity index (χ2n) is 6.12. The molecule has 1 amide bonds. The Hall–Kier alpha value is -0.330. The molecule has 0 aliphatic carbocycles. The summed E-state index contributed by atoms with van der Waals surface area (Å²) in [5, 5.41) is 3.03. The van der Waals surface area contributed by atoms with E-state index in [1.807, 2.05) is 0 Å². The molecule has 0 radical (unpaired) electrons. The van der Waals surface area contributed by atoms with Crippen molar-refractivity contribution in [3.8, 4) is 0 Å². The Morgan fingerprint density at radius 3 is 2.20 bits per heavy atom. The molecule has 2 saturated heterocycles. The summed E-state index contributed by atoms with van der Waals surface area (Å²) >= 11 is 0. The number of amides is 1. The van der Waals surface area contributed by atoms with Gasteiger partial charge in [-0.1, -0.05) is 0 Å². The standard InChI is InChI=1S/C13H24N2O3S.ClH/c1-9(2)19(17,18)8-13(16)15(3)12-6-10-4-5-11(7-12)14-10;/h9-12,14H,4-8H2,1-3H3;1H. The first-order valence-corrected chi connectivity index (χ1v) is 8.74. The molecule has 0 aromatic rings. The van der Waals surface area contributed by atoms with Gasteiger partial charge in [-0.05, 0) is 39.5 Å². The highest BCUT2D eigenvalue weighted by atomic mass is 35.5. The van der Waals surface area contributed by atoms with Crippen LogP contribution in [0.15, 0.2) is 0 Å². The third-order valence-corrected chi connectivity index (χ3v) is 6.52. The second kappa shape index (κ2) is 6.62. The lowest BCUT2D eigenvalue weighted by Crippen LogP contribution is -2.50. The first kappa shape index (κ1) is 17.7. The zero-order valence-corrected chi connectivity index (χ0v) is 14.0. The molecule has 118 valence electrons. The summed E-state index contributed by atoms with van der Waals surface area (Å²) in [7, 11) is -1.56. The lowest BCUT2D eigenvalue weighted by molar-refractivity contribution is -0.129. The van der Waals surface area contributed by atoms with Crippen LogP contribution in [0.1, 0.15) is 39.5 Å². The number of piperidine rings is 1. The Bertz CT molecular complexity index is 441. The van der Waals surface area contributed by atoms with E-state index in [2.05, 4.69) is 5.32 Å². The summed E-state index contributed by atoms with van der Waals surface area (Å²) in [6, 6.07) is 1.19. The highest BCUT2D eigenvalue weighted by Crippen LogP contribution is 2.29. The van der Waals surface area contributed by atoms with Gasteiger partial charge in [0.25, 0.3) is 0 Å². The van der Waals surface area contributed by atoms with Crippen LogP contribution in [0.5, 0.6) is 0 Å². The fourth-order valence-corrected chi connectivity index (χ4v) is 3.87. The third kappa shape index (κ3) is 3.86. The number of carbonyl (C=O) groups is 1. The fraction of sp³-hybridized carbons (Fsp3) is 0.923. The zero-order valence-electron chi connectivity index (χ0n) is 12.3. The number of hydrogen-bond acceptors (Lipinski definition) is 4. The van der Waals surface area contributed by atoms with Gasteiger partial charge in [0.15, 0.2) is 9.84 Å². The molecule has 20 heavy (non-hydrogen) atoms. The number of halogens is 1. The lowest BCUT2D eigenvalue weighted by atomic mass is 9.98. The van der Waals surface area contributed by atoms with Crippen molar-refractivity contribution < 1.29 is 13.2 Å². The van der Waals surface area contributed by atoms with Crippen LogP contribution < -0.4 is 5.32 Å². The van der Waals surface area contributed by atoms with Gasteiger partial charge in [0.1, 0.15) is 5.75 Å². The molecule has 0 aromatic carbocycles. The van der Waals surface area contributed by atoms with Gasteiger partial charge >= 0.3 is 0 Å². The van der Waals surface area contributed by atoms with E-state index in [1.54, 1.807) is 25.8 Å². The van der Waals surface area contributed by atoms with Gasteiger partial charge in [-0.3, -0.25) is 4.79 Å². The normalized spacial score (nSPS) is 29.1. The van der Waals surface area contributed by atoms with Crippen LogP contribution in [0.4, 0.5) is 0 Å². The van der Waals surface area contributed by atoms with Crippen molar-refractivity contribution in [3.05, 3.63) is 0 Å². The minimum Gasteiger partial charge on any atom is -0.342 e. The average molecular weight is 325 g/mol. The first-order valence-electron chi connectivity index (χ1n) is 7.03. The maximum atomic E-state index is 12.1. The van der Waals surface area contributed by atoms with Crippen LogP contribution in [-0.4, -0.2) is 55.4 Å². The molecule has 2 fully saturated rings. The monoisotopic (exact) mass is 324 g/mol. The van der Waals surface area contributed by atoms with Crippen molar-refractivity contribution in [1.82, 2.24) is 10.2 Å². The van der Waals surface area contributed by atoms with E-state index in [0.29, 0.717) is 12.1 Å². The first-order chi connectivity index (χ1) is 8.79. The lowest BCUT2D eigenvalue weighted by Gasteiger charge is -2.35. The number of nitrogens with one attached hydrogen (secondary N) is 1. The molecular weight excluding hydrogens is 300 g/mol. The largest absolute Gasteiger partial charge is 0.342 e. The van der Waals surface area contributed by atoms with Crippen molar-refractivity contribution in [2.45, 2.75) is 62.9 Å². The maximum Gasteiger partial charge on any atom is 0.237 e. The van der Waals surface area contributed by atoms with Gasteiger partial charge in [-0.2, -0.15) is 0 Å². The van der Waals surface area contributed by atoms with Crippen LogP contribution in [-0.2, 0) is 14.6 Å². The SMILES string of the molecule is CC(C)S(=O)(=O)CC(=O)N(C)C1CC2CCC(C1)N2.Cl. The van der Waals surface area contributed by atoms with Crippen LogP contribution in [0.3, 0.4) is 0 Å². The summed E-state index contributed by atoms with van der Waals surface area (Å²) in [6.45, 7) is 3.24. The number of nitrogens with zero attached hydrogens (tertiary/aromatic N) is 1. The summed E-state index contributed by atoms with van der Waals surface area (Å²) in [4.78, 5) is 13.8. The van der Waals surface area contributed by atoms with E-state index in [9.17, 15) is 13.2 Å². The summed E-state index contributed by atoms with van der Waals surface area (Å²) in [5.74, 6) is -0.625.